The summed E-state index contributed by atoms with van der Waals surface area (Å²) in [5.74, 6) is -1.40. The number of rotatable bonds is 0. The van der Waals surface area contributed by atoms with E-state index in [1.165, 1.54) is 12.3 Å². The van der Waals surface area contributed by atoms with Gasteiger partial charge in [0.2, 0.25) is 0 Å². The van der Waals surface area contributed by atoms with E-state index >= 15 is 0 Å². The summed E-state index contributed by atoms with van der Waals surface area (Å²) >= 11 is 0. The van der Waals surface area contributed by atoms with Crippen LogP contribution in [0.15, 0.2) is 24.4 Å². The predicted molar refractivity (Wildman–Crippen MR) is 51.3 cm³/mol. The average Bonchev–Trinajstić information content (AvgIpc) is 2.17. The molecule has 1 aliphatic rings. The number of hydrogen-bond acceptors (Lipinski definition) is 1. The largest absolute Gasteiger partial charge is 0.396 e. The summed E-state index contributed by atoms with van der Waals surface area (Å²) in [6, 6.07) is 3.06. The Morgan fingerprint density at radius 3 is 2.80 bits per heavy atom. The molecule has 0 saturated carbocycles. The second kappa shape index (κ2) is 3.36. The molecule has 15 heavy (non-hydrogen) atoms. The van der Waals surface area contributed by atoms with Crippen molar-refractivity contribution in [1.29, 1.82) is 0 Å². The van der Waals surface area contributed by atoms with E-state index < -0.39 is 12.1 Å². The SMILES string of the molecule is CC1=CC[C@H](C(F)(F)F)c2cccnc21. The molecule has 1 aromatic rings. The van der Waals surface area contributed by atoms with E-state index in [2.05, 4.69) is 4.98 Å². The first-order valence-corrected chi connectivity index (χ1v) is 4.69. The highest BCUT2D eigenvalue weighted by atomic mass is 19.4. The third-order valence-electron chi connectivity index (χ3n) is 2.64. The number of hydrogen-bond donors (Lipinski definition) is 0. The molecule has 0 aliphatic heterocycles. The number of alkyl halides is 3. The molecule has 0 saturated heterocycles. The number of pyridine rings is 1. The normalized spacial score (nSPS) is 20.8. The van der Waals surface area contributed by atoms with Gasteiger partial charge in [0.25, 0.3) is 0 Å². The molecule has 1 aliphatic carbocycles. The lowest BCUT2D eigenvalue weighted by atomic mass is 9.86. The third kappa shape index (κ3) is 1.76. The number of halogens is 3. The Hall–Kier alpha value is -1.32. The first-order chi connectivity index (χ1) is 7.00. The summed E-state index contributed by atoms with van der Waals surface area (Å²) in [5.41, 5.74) is 1.60. The zero-order valence-corrected chi connectivity index (χ0v) is 8.17. The fourth-order valence-electron chi connectivity index (χ4n) is 1.86. The Kier molecular flexibility index (Phi) is 2.29. The standard InChI is InChI=1S/C11H10F3N/c1-7-4-5-9(11(12,13)14)8-3-2-6-15-10(7)8/h2-4,6,9H,5H2,1H3/t9-/m0/s1. The van der Waals surface area contributed by atoms with E-state index in [9.17, 15) is 13.2 Å². The third-order valence-corrected chi connectivity index (χ3v) is 2.64. The molecule has 1 aromatic heterocycles. The van der Waals surface area contributed by atoms with Crippen LogP contribution in [0.1, 0.15) is 30.5 Å². The van der Waals surface area contributed by atoms with E-state index in [0.29, 0.717) is 11.3 Å². The van der Waals surface area contributed by atoms with Gasteiger partial charge in [0.1, 0.15) is 0 Å². The van der Waals surface area contributed by atoms with Crippen molar-refractivity contribution < 1.29 is 13.2 Å². The molecule has 0 fully saturated rings. The molecule has 0 radical (unpaired) electrons. The van der Waals surface area contributed by atoms with Crippen molar-refractivity contribution in [2.45, 2.75) is 25.4 Å². The fourth-order valence-corrected chi connectivity index (χ4v) is 1.86. The van der Waals surface area contributed by atoms with Gasteiger partial charge in [-0.3, -0.25) is 4.98 Å². The predicted octanol–water partition coefficient (Wildman–Crippen LogP) is 3.53. The Labute approximate surface area is 85.6 Å². The lowest BCUT2D eigenvalue weighted by molar-refractivity contribution is -0.150. The van der Waals surface area contributed by atoms with Crippen LogP contribution >= 0.6 is 0 Å². The quantitative estimate of drug-likeness (QED) is 0.642. The van der Waals surface area contributed by atoms with Gasteiger partial charge < -0.3 is 0 Å². The molecule has 0 aromatic carbocycles. The van der Waals surface area contributed by atoms with Crippen molar-refractivity contribution in [1.82, 2.24) is 4.98 Å². The molecule has 1 atom stereocenters. The van der Waals surface area contributed by atoms with Gasteiger partial charge in [0.15, 0.2) is 0 Å². The molecule has 0 spiro atoms. The van der Waals surface area contributed by atoms with Crippen molar-refractivity contribution in [2.75, 3.05) is 0 Å². The maximum Gasteiger partial charge on any atom is 0.396 e. The van der Waals surface area contributed by atoms with Gasteiger partial charge in [-0.2, -0.15) is 13.2 Å². The highest BCUT2D eigenvalue weighted by Crippen LogP contribution is 2.43. The van der Waals surface area contributed by atoms with Gasteiger partial charge in [-0.15, -0.1) is 0 Å². The van der Waals surface area contributed by atoms with Crippen molar-refractivity contribution in [3.05, 3.63) is 35.7 Å². The molecule has 1 nitrogen and oxygen atoms in total. The van der Waals surface area contributed by atoms with Crippen LogP contribution in [0, 0.1) is 0 Å². The number of aromatic nitrogens is 1. The number of fused-ring (bicyclic) bond motifs is 1. The molecule has 0 bridgehead atoms. The zero-order valence-electron chi connectivity index (χ0n) is 8.17. The highest BCUT2D eigenvalue weighted by molar-refractivity contribution is 5.66. The molecule has 0 N–H and O–H groups in total. The van der Waals surface area contributed by atoms with Gasteiger partial charge in [-0.25, -0.2) is 0 Å². The summed E-state index contributed by atoms with van der Waals surface area (Å²) in [4.78, 5) is 4.00. The summed E-state index contributed by atoms with van der Waals surface area (Å²) in [7, 11) is 0. The first kappa shape index (κ1) is 10.2. The van der Waals surface area contributed by atoms with Crippen molar-refractivity contribution >= 4 is 5.57 Å². The van der Waals surface area contributed by atoms with Crippen molar-refractivity contribution in [3.63, 3.8) is 0 Å². The van der Waals surface area contributed by atoms with E-state index in [4.69, 9.17) is 0 Å². The van der Waals surface area contributed by atoms with Crippen LogP contribution in [-0.4, -0.2) is 11.2 Å². The van der Waals surface area contributed by atoms with Gasteiger partial charge in [0.05, 0.1) is 11.6 Å². The maximum atomic E-state index is 12.7. The maximum absolute atomic E-state index is 12.7. The van der Waals surface area contributed by atoms with Gasteiger partial charge in [-0.1, -0.05) is 12.1 Å². The topological polar surface area (TPSA) is 12.9 Å². The molecule has 0 unspecified atom stereocenters. The first-order valence-electron chi connectivity index (χ1n) is 4.69. The molecular weight excluding hydrogens is 203 g/mol. The number of nitrogens with zero attached hydrogens (tertiary/aromatic N) is 1. The van der Waals surface area contributed by atoms with Crippen LogP contribution in [0.5, 0.6) is 0 Å². The van der Waals surface area contributed by atoms with E-state index in [-0.39, 0.29) is 6.42 Å². The minimum atomic E-state index is -4.19. The lowest BCUT2D eigenvalue weighted by Gasteiger charge is -2.25. The summed E-state index contributed by atoms with van der Waals surface area (Å²) < 4.78 is 38.1. The monoisotopic (exact) mass is 213 g/mol. The van der Waals surface area contributed by atoms with Gasteiger partial charge >= 0.3 is 6.18 Å². The smallest absolute Gasteiger partial charge is 0.256 e. The molecule has 1 heterocycles. The summed E-state index contributed by atoms with van der Waals surface area (Å²) in [6.45, 7) is 1.79. The van der Waals surface area contributed by atoms with Crippen LogP contribution in [0.2, 0.25) is 0 Å². The summed E-state index contributed by atoms with van der Waals surface area (Å²) in [6.07, 6.45) is -1.04. The van der Waals surface area contributed by atoms with Crippen molar-refractivity contribution in [3.8, 4) is 0 Å². The van der Waals surface area contributed by atoms with E-state index in [1.807, 2.05) is 0 Å². The van der Waals surface area contributed by atoms with Crippen LogP contribution in [0.3, 0.4) is 0 Å². The Morgan fingerprint density at radius 1 is 1.40 bits per heavy atom. The summed E-state index contributed by atoms with van der Waals surface area (Å²) in [5, 5.41) is 0. The lowest BCUT2D eigenvalue weighted by Crippen LogP contribution is -2.23. The van der Waals surface area contributed by atoms with Crippen LogP contribution in [0.25, 0.3) is 5.57 Å². The Balaban J connectivity index is 2.51. The molecule has 0 amide bonds. The highest BCUT2D eigenvalue weighted by Gasteiger charge is 2.42. The average molecular weight is 213 g/mol. The van der Waals surface area contributed by atoms with Crippen LogP contribution < -0.4 is 0 Å². The Bertz CT molecular complexity index is 407. The van der Waals surface area contributed by atoms with Crippen LogP contribution in [0.4, 0.5) is 13.2 Å². The van der Waals surface area contributed by atoms with E-state index in [1.54, 1.807) is 19.1 Å². The second-order valence-electron chi connectivity index (χ2n) is 3.66. The second-order valence-corrected chi connectivity index (χ2v) is 3.66. The minimum Gasteiger partial charge on any atom is -0.256 e. The fraction of sp³-hybridized carbons (Fsp3) is 0.364. The molecular formula is C11H10F3N. The van der Waals surface area contributed by atoms with Crippen LogP contribution in [-0.2, 0) is 0 Å². The van der Waals surface area contributed by atoms with E-state index in [0.717, 1.165) is 5.57 Å². The minimum absolute atomic E-state index is 0.0219. The van der Waals surface area contributed by atoms with Crippen molar-refractivity contribution in [2.24, 2.45) is 0 Å². The number of allylic oxidation sites excluding steroid dienone is 2. The Morgan fingerprint density at radius 2 is 2.13 bits per heavy atom. The molecule has 2 rings (SSSR count). The van der Waals surface area contributed by atoms with Gasteiger partial charge in [-0.05, 0) is 30.5 Å². The van der Waals surface area contributed by atoms with Gasteiger partial charge in [0, 0.05) is 6.20 Å². The molecule has 80 valence electrons. The zero-order chi connectivity index (χ0) is 11.1. The molecule has 4 heteroatoms.